The molecule has 2 N–H and O–H groups in total. The van der Waals surface area contributed by atoms with Crippen LogP contribution in [0, 0.1) is 5.41 Å². The van der Waals surface area contributed by atoms with E-state index in [9.17, 15) is 9.90 Å². The Balaban J connectivity index is 1.87. The molecule has 0 aliphatic carbocycles. The van der Waals surface area contributed by atoms with Crippen LogP contribution in [0.4, 0.5) is 5.82 Å². The summed E-state index contributed by atoms with van der Waals surface area (Å²) in [6.07, 6.45) is 8.14. The Hall–Kier alpha value is -2.25. The summed E-state index contributed by atoms with van der Waals surface area (Å²) in [7, 11) is 0. The van der Waals surface area contributed by atoms with Crippen LogP contribution in [0.15, 0.2) is 36.9 Å². The van der Waals surface area contributed by atoms with Crippen molar-refractivity contribution in [2.45, 2.75) is 33.2 Å². The van der Waals surface area contributed by atoms with Crippen LogP contribution in [0.1, 0.15) is 32.6 Å². The monoisotopic (exact) mass is 319 g/mol. The third kappa shape index (κ3) is 5.15. The zero-order valence-electron chi connectivity index (χ0n) is 13.4. The highest BCUT2D eigenvalue weighted by atomic mass is 16.7. The molecule has 1 aliphatic heterocycles. The summed E-state index contributed by atoms with van der Waals surface area (Å²) in [5.74, 6) is 0.184. The number of hydrogen-bond donors (Lipinski definition) is 2. The average molecular weight is 319 g/mol. The number of amides is 1. The van der Waals surface area contributed by atoms with E-state index in [1.807, 2.05) is 20.8 Å². The van der Waals surface area contributed by atoms with E-state index in [1.165, 1.54) is 18.7 Å². The van der Waals surface area contributed by atoms with E-state index in [-0.39, 0.29) is 12.5 Å². The fourth-order valence-electron chi connectivity index (χ4n) is 1.61. The summed E-state index contributed by atoms with van der Waals surface area (Å²) >= 11 is 0. The van der Waals surface area contributed by atoms with Crippen molar-refractivity contribution in [1.29, 1.82) is 0 Å². The Labute approximate surface area is 135 Å². The van der Waals surface area contributed by atoms with Crippen molar-refractivity contribution >= 4 is 11.7 Å². The molecular formula is C16H21N3O4. The first-order valence-corrected chi connectivity index (χ1v) is 7.28. The average Bonchev–Trinajstić information content (AvgIpc) is 2.53. The lowest BCUT2D eigenvalue weighted by atomic mass is 9.96. The zero-order chi connectivity index (χ0) is 16.9. The first kappa shape index (κ1) is 17.1. The topological polar surface area (TPSA) is 93.6 Å². The molecular weight excluding hydrogens is 298 g/mol. The van der Waals surface area contributed by atoms with Crippen molar-refractivity contribution < 1.29 is 19.4 Å². The van der Waals surface area contributed by atoms with Gasteiger partial charge in [-0.25, -0.2) is 4.98 Å². The highest BCUT2D eigenvalue weighted by Gasteiger charge is 2.22. The molecule has 23 heavy (non-hydrogen) atoms. The lowest BCUT2D eigenvalue weighted by molar-refractivity contribution is -0.123. The van der Waals surface area contributed by atoms with Gasteiger partial charge in [-0.3, -0.25) is 9.78 Å². The van der Waals surface area contributed by atoms with Gasteiger partial charge in [0.2, 0.25) is 12.2 Å². The highest BCUT2D eigenvalue weighted by molar-refractivity contribution is 5.93. The molecule has 2 atom stereocenters. The normalized spacial score (nSPS) is 18.3. The summed E-state index contributed by atoms with van der Waals surface area (Å²) in [4.78, 5) is 20.0. The number of anilines is 1. The molecule has 0 bridgehead atoms. The molecule has 2 rings (SSSR count). The van der Waals surface area contributed by atoms with E-state index in [2.05, 4.69) is 15.3 Å². The molecule has 7 heteroatoms. The molecule has 1 unspecified atom stereocenters. The van der Waals surface area contributed by atoms with Gasteiger partial charge in [0, 0.05) is 5.41 Å². The number of hydrogen-bond acceptors (Lipinski definition) is 6. The number of nitrogens with zero attached hydrogens (tertiary/aromatic N) is 2. The molecule has 124 valence electrons. The number of ether oxygens (including phenoxy) is 2. The van der Waals surface area contributed by atoms with Crippen molar-refractivity contribution in [2.24, 2.45) is 5.41 Å². The van der Waals surface area contributed by atoms with Gasteiger partial charge in [-0.05, 0) is 12.2 Å². The lowest BCUT2D eigenvalue weighted by Crippen LogP contribution is -2.28. The second-order valence-corrected chi connectivity index (χ2v) is 6.10. The van der Waals surface area contributed by atoms with Gasteiger partial charge >= 0.3 is 0 Å². The number of aliphatic hydroxyl groups excluding tert-OH is 1. The Morgan fingerprint density at radius 2 is 2.17 bits per heavy atom. The van der Waals surface area contributed by atoms with Gasteiger partial charge < -0.3 is 19.9 Å². The van der Waals surface area contributed by atoms with E-state index < -0.39 is 17.8 Å². The highest BCUT2D eigenvalue weighted by Crippen LogP contribution is 2.17. The lowest BCUT2D eigenvalue weighted by Gasteiger charge is -2.18. The molecule has 0 saturated heterocycles. The predicted molar refractivity (Wildman–Crippen MR) is 84.2 cm³/mol. The molecule has 1 aromatic rings. The minimum atomic E-state index is -0.933. The standard InChI is InChI=1S/C16H21N3O4/c1-16(2,3)15(21)19-13-9-17-11(8-18-13)12(20)10-23-14-6-4-5-7-22-14/h4-9,12,14,20H,10H2,1-3H3,(H,18,19,21)/t12?,14-/m1/s1. The van der Waals surface area contributed by atoms with Crippen molar-refractivity contribution in [2.75, 3.05) is 11.9 Å². The Bertz CT molecular complexity index is 590. The summed E-state index contributed by atoms with van der Waals surface area (Å²) in [5, 5.41) is 12.7. The van der Waals surface area contributed by atoms with Gasteiger partial charge in [-0.1, -0.05) is 26.8 Å². The van der Waals surface area contributed by atoms with E-state index in [4.69, 9.17) is 9.47 Å². The van der Waals surface area contributed by atoms with Crippen molar-refractivity contribution in [1.82, 2.24) is 9.97 Å². The summed E-state index contributed by atoms with van der Waals surface area (Å²) in [5.41, 5.74) is -0.163. The van der Waals surface area contributed by atoms with Crippen LogP contribution in [-0.2, 0) is 14.3 Å². The van der Waals surface area contributed by atoms with Crippen LogP contribution < -0.4 is 5.32 Å². The minimum absolute atomic E-state index is 0.0191. The molecule has 0 radical (unpaired) electrons. The predicted octanol–water partition coefficient (Wildman–Crippen LogP) is 1.94. The van der Waals surface area contributed by atoms with Gasteiger partial charge in [0.05, 0.1) is 31.0 Å². The Morgan fingerprint density at radius 1 is 1.39 bits per heavy atom. The van der Waals surface area contributed by atoms with Crippen LogP contribution in [0.2, 0.25) is 0 Å². The van der Waals surface area contributed by atoms with Crippen LogP contribution in [-0.4, -0.2) is 33.9 Å². The van der Waals surface area contributed by atoms with E-state index in [0.29, 0.717) is 11.5 Å². The van der Waals surface area contributed by atoms with Gasteiger partial charge in [0.15, 0.2) is 5.82 Å². The minimum Gasteiger partial charge on any atom is -0.469 e. The number of rotatable bonds is 5. The van der Waals surface area contributed by atoms with Crippen LogP contribution in [0.25, 0.3) is 0 Å². The number of aliphatic hydroxyl groups is 1. The first-order valence-electron chi connectivity index (χ1n) is 7.28. The molecule has 7 nitrogen and oxygen atoms in total. The van der Waals surface area contributed by atoms with Crippen molar-refractivity contribution in [3.63, 3.8) is 0 Å². The number of aromatic nitrogens is 2. The molecule has 0 aromatic carbocycles. The fourth-order valence-corrected chi connectivity index (χ4v) is 1.61. The van der Waals surface area contributed by atoms with Crippen molar-refractivity contribution in [3.05, 3.63) is 42.6 Å². The SMILES string of the molecule is CC(C)(C)C(=O)Nc1cnc(C(O)CO[C@@H]2C=CC=CO2)cn1. The van der Waals surface area contributed by atoms with Gasteiger partial charge in [-0.15, -0.1) is 0 Å². The van der Waals surface area contributed by atoms with Crippen molar-refractivity contribution in [3.8, 4) is 0 Å². The van der Waals surface area contributed by atoms with E-state index >= 15 is 0 Å². The quantitative estimate of drug-likeness (QED) is 0.861. The second-order valence-electron chi connectivity index (χ2n) is 6.10. The number of carbonyl (C=O) groups is 1. The fraction of sp³-hybridized carbons (Fsp3) is 0.438. The smallest absolute Gasteiger partial charge is 0.230 e. The molecule has 0 saturated carbocycles. The Kier molecular flexibility index (Phi) is 5.46. The van der Waals surface area contributed by atoms with E-state index in [0.717, 1.165) is 0 Å². The second kappa shape index (κ2) is 7.34. The largest absolute Gasteiger partial charge is 0.469 e. The van der Waals surface area contributed by atoms with Gasteiger partial charge in [-0.2, -0.15) is 0 Å². The van der Waals surface area contributed by atoms with Crippen LogP contribution in [0.5, 0.6) is 0 Å². The summed E-state index contributed by atoms with van der Waals surface area (Å²) in [6, 6.07) is 0. The van der Waals surface area contributed by atoms with Crippen LogP contribution in [0.3, 0.4) is 0 Å². The summed E-state index contributed by atoms with van der Waals surface area (Å²) in [6.45, 7) is 5.44. The van der Waals surface area contributed by atoms with Gasteiger partial charge in [0.1, 0.15) is 6.10 Å². The number of nitrogens with one attached hydrogen (secondary N) is 1. The number of allylic oxidation sites excluding steroid dienone is 2. The molecule has 1 amide bonds. The third-order valence-corrected chi connectivity index (χ3v) is 3.02. The maximum absolute atomic E-state index is 11.9. The van der Waals surface area contributed by atoms with E-state index in [1.54, 1.807) is 18.2 Å². The molecule has 1 aromatic heterocycles. The number of carbonyl (C=O) groups excluding carboxylic acids is 1. The molecule has 1 aliphatic rings. The zero-order valence-corrected chi connectivity index (χ0v) is 13.4. The molecule has 2 heterocycles. The maximum Gasteiger partial charge on any atom is 0.230 e. The molecule has 0 fully saturated rings. The van der Waals surface area contributed by atoms with Crippen LogP contribution >= 0.6 is 0 Å². The maximum atomic E-state index is 11.9. The Morgan fingerprint density at radius 3 is 2.74 bits per heavy atom. The third-order valence-electron chi connectivity index (χ3n) is 3.02. The molecule has 0 spiro atoms. The van der Waals surface area contributed by atoms with Gasteiger partial charge in [0.25, 0.3) is 0 Å². The summed E-state index contributed by atoms with van der Waals surface area (Å²) < 4.78 is 10.6. The first-order chi connectivity index (χ1) is 10.9.